The van der Waals surface area contributed by atoms with Crippen molar-refractivity contribution >= 4 is 0 Å². The first-order valence-electron chi connectivity index (χ1n) is 5.29. The van der Waals surface area contributed by atoms with Gasteiger partial charge in [-0.15, -0.1) is 0 Å². The lowest BCUT2D eigenvalue weighted by atomic mass is 10.2. The van der Waals surface area contributed by atoms with Crippen LogP contribution in [0.2, 0.25) is 0 Å². The molecule has 0 unspecified atom stereocenters. The maximum absolute atomic E-state index is 4.24. The van der Waals surface area contributed by atoms with Crippen LogP contribution in [-0.4, -0.2) is 15.8 Å². The van der Waals surface area contributed by atoms with Crippen LogP contribution in [0.5, 0.6) is 0 Å². The van der Waals surface area contributed by atoms with Gasteiger partial charge in [-0.2, -0.15) is 5.10 Å². The summed E-state index contributed by atoms with van der Waals surface area (Å²) in [5.74, 6) is 0. The van der Waals surface area contributed by atoms with Gasteiger partial charge in [0.05, 0.1) is 5.69 Å². The first-order chi connectivity index (χ1) is 6.90. The van der Waals surface area contributed by atoms with E-state index in [-0.39, 0.29) is 0 Å². The van der Waals surface area contributed by atoms with Gasteiger partial charge >= 0.3 is 0 Å². The minimum Gasteiger partial charge on any atom is -0.308 e. The zero-order chi connectivity index (χ0) is 9.80. The fourth-order valence-electron chi connectivity index (χ4n) is 1.83. The molecule has 3 nitrogen and oxygen atoms in total. The molecule has 2 rings (SSSR count). The fourth-order valence-corrected chi connectivity index (χ4v) is 1.83. The van der Waals surface area contributed by atoms with Crippen molar-refractivity contribution in [3.8, 4) is 0 Å². The van der Waals surface area contributed by atoms with E-state index in [0.717, 1.165) is 13.1 Å². The lowest BCUT2D eigenvalue weighted by molar-refractivity contribution is 0.509. The fraction of sp³-hybridized carbons (Fsp3) is 0.545. The van der Waals surface area contributed by atoms with Gasteiger partial charge in [-0.25, -0.2) is 0 Å². The van der Waals surface area contributed by atoms with Gasteiger partial charge in [-0.3, -0.25) is 4.68 Å². The predicted molar refractivity (Wildman–Crippen MR) is 56.9 cm³/mol. The molecule has 1 heterocycles. The molecular formula is C11H17N3. The Balaban J connectivity index is 1.85. The second-order valence-corrected chi connectivity index (χ2v) is 3.66. The number of hydrogen-bond donors (Lipinski definition) is 1. The summed E-state index contributed by atoms with van der Waals surface area (Å²) >= 11 is 0. The average Bonchev–Trinajstić information content (AvgIpc) is 2.85. The number of aromatic nitrogens is 2. The van der Waals surface area contributed by atoms with Crippen LogP contribution in [0.4, 0.5) is 0 Å². The Kier molecular flexibility index (Phi) is 2.99. The summed E-state index contributed by atoms with van der Waals surface area (Å²) in [6, 6.07) is 2.72. The zero-order valence-electron chi connectivity index (χ0n) is 8.61. The van der Waals surface area contributed by atoms with Crippen molar-refractivity contribution in [2.24, 2.45) is 0 Å². The Morgan fingerprint density at radius 3 is 3.00 bits per heavy atom. The van der Waals surface area contributed by atoms with E-state index in [1.165, 1.54) is 18.5 Å². The largest absolute Gasteiger partial charge is 0.308 e. The van der Waals surface area contributed by atoms with E-state index in [1.54, 1.807) is 0 Å². The minimum absolute atomic E-state index is 0.634. The van der Waals surface area contributed by atoms with Crippen LogP contribution in [0.25, 0.3) is 0 Å². The van der Waals surface area contributed by atoms with Crippen LogP contribution < -0.4 is 5.32 Å². The van der Waals surface area contributed by atoms with Crippen molar-refractivity contribution < 1.29 is 0 Å². The second kappa shape index (κ2) is 4.42. The average molecular weight is 191 g/mol. The van der Waals surface area contributed by atoms with E-state index in [9.17, 15) is 0 Å². The molecule has 14 heavy (non-hydrogen) atoms. The number of hydrogen-bond acceptors (Lipinski definition) is 2. The number of nitrogens with zero attached hydrogens (tertiary/aromatic N) is 2. The Bertz CT molecular complexity index is 306. The van der Waals surface area contributed by atoms with E-state index >= 15 is 0 Å². The van der Waals surface area contributed by atoms with E-state index in [0.29, 0.717) is 6.04 Å². The SMILES string of the molecule is CCn1nccc1CNC1CC=CC1. The number of aryl methyl sites for hydroxylation is 1. The molecule has 1 aromatic heterocycles. The quantitative estimate of drug-likeness (QED) is 0.734. The van der Waals surface area contributed by atoms with Crippen molar-refractivity contribution in [1.29, 1.82) is 0 Å². The molecule has 0 bridgehead atoms. The molecule has 3 heteroatoms. The molecule has 0 saturated carbocycles. The maximum atomic E-state index is 4.24. The molecule has 0 radical (unpaired) electrons. The van der Waals surface area contributed by atoms with Gasteiger partial charge < -0.3 is 5.32 Å². The highest BCUT2D eigenvalue weighted by Crippen LogP contribution is 2.10. The van der Waals surface area contributed by atoms with Gasteiger partial charge in [-0.1, -0.05) is 12.2 Å². The molecule has 0 spiro atoms. The predicted octanol–water partition coefficient (Wildman–Crippen LogP) is 1.71. The molecule has 0 aliphatic heterocycles. The van der Waals surface area contributed by atoms with Gasteiger partial charge in [-0.05, 0) is 25.8 Å². The van der Waals surface area contributed by atoms with Gasteiger partial charge in [0.1, 0.15) is 0 Å². The smallest absolute Gasteiger partial charge is 0.0522 e. The Morgan fingerprint density at radius 1 is 1.50 bits per heavy atom. The van der Waals surface area contributed by atoms with Crippen LogP contribution in [-0.2, 0) is 13.1 Å². The molecule has 1 aliphatic carbocycles. The van der Waals surface area contributed by atoms with Crippen LogP contribution in [0, 0.1) is 0 Å². The molecule has 0 fully saturated rings. The topological polar surface area (TPSA) is 29.9 Å². The van der Waals surface area contributed by atoms with Crippen molar-refractivity contribution in [3.63, 3.8) is 0 Å². The molecule has 76 valence electrons. The Labute approximate surface area is 84.8 Å². The zero-order valence-corrected chi connectivity index (χ0v) is 8.61. The Morgan fingerprint density at radius 2 is 2.29 bits per heavy atom. The van der Waals surface area contributed by atoms with Crippen molar-refractivity contribution in [2.45, 2.75) is 38.9 Å². The normalized spacial score (nSPS) is 16.6. The van der Waals surface area contributed by atoms with E-state index in [2.05, 4.69) is 35.6 Å². The van der Waals surface area contributed by atoms with E-state index in [4.69, 9.17) is 0 Å². The highest BCUT2D eigenvalue weighted by atomic mass is 15.3. The summed E-state index contributed by atoms with van der Waals surface area (Å²) in [5, 5.41) is 7.78. The van der Waals surface area contributed by atoms with E-state index < -0.39 is 0 Å². The first kappa shape index (κ1) is 9.46. The monoisotopic (exact) mass is 191 g/mol. The van der Waals surface area contributed by atoms with Gasteiger partial charge in [0, 0.05) is 25.3 Å². The van der Waals surface area contributed by atoms with Crippen molar-refractivity contribution in [3.05, 3.63) is 30.1 Å². The van der Waals surface area contributed by atoms with Crippen molar-refractivity contribution in [2.75, 3.05) is 0 Å². The van der Waals surface area contributed by atoms with Crippen molar-refractivity contribution in [1.82, 2.24) is 15.1 Å². The first-order valence-corrected chi connectivity index (χ1v) is 5.29. The van der Waals surface area contributed by atoms with Gasteiger partial charge in [0.15, 0.2) is 0 Å². The highest BCUT2D eigenvalue weighted by molar-refractivity contribution is 5.03. The molecule has 0 aromatic carbocycles. The molecule has 1 aromatic rings. The third-order valence-electron chi connectivity index (χ3n) is 2.68. The molecule has 0 atom stereocenters. The molecule has 1 aliphatic rings. The summed E-state index contributed by atoms with van der Waals surface area (Å²) in [7, 11) is 0. The number of nitrogens with one attached hydrogen (secondary N) is 1. The van der Waals surface area contributed by atoms with Crippen LogP contribution in [0.15, 0.2) is 24.4 Å². The van der Waals surface area contributed by atoms with Gasteiger partial charge in [0.25, 0.3) is 0 Å². The third-order valence-corrected chi connectivity index (χ3v) is 2.68. The van der Waals surface area contributed by atoms with Crippen LogP contribution in [0.3, 0.4) is 0 Å². The Hall–Kier alpha value is -1.09. The third kappa shape index (κ3) is 2.04. The minimum atomic E-state index is 0.634. The summed E-state index contributed by atoms with van der Waals surface area (Å²) in [6.07, 6.45) is 8.69. The number of rotatable bonds is 4. The van der Waals surface area contributed by atoms with E-state index in [1.807, 2.05) is 10.9 Å². The summed E-state index contributed by atoms with van der Waals surface area (Å²) in [5.41, 5.74) is 1.28. The summed E-state index contributed by atoms with van der Waals surface area (Å²) in [6.45, 7) is 4.00. The summed E-state index contributed by atoms with van der Waals surface area (Å²) in [4.78, 5) is 0. The second-order valence-electron chi connectivity index (χ2n) is 3.66. The molecular weight excluding hydrogens is 174 g/mol. The molecule has 0 saturated heterocycles. The van der Waals surface area contributed by atoms with Crippen LogP contribution in [0.1, 0.15) is 25.5 Å². The van der Waals surface area contributed by atoms with Gasteiger partial charge in [0.2, 0.25) is 0 Å². The lowest BCUT2D eigenvalue weighted by Gasteiger charge is -2.12. The molecule has 1 N–H and O–H groups in total. The standard InChI is InChI=1S/C11H17N3/c1-2-14-11(7-8-13-14)9-12-10-5-3-4-6-10/h3-4,7-8,10,12H,2,5-6,9H2,1H3. The molecule has 0 amide bonds. The highest BCUT2D eigenvalue weighted by Gasteiger charge is 2.09. The summed E-state index contributed by atoms with van der Waals surface area (Å²) < 4.78 is 2.04. The lowest BCUT2D eigenvalue weighted by Crippen LogP contribution is -2.26. The van der Waals surface area contributed by atoms with Crippen LogP contribution >= 0.6 is 0 Å². The maximum Gasteiger partial charge on any atom is 0.0522 e.